The third-order valence-electron chi connectivity index (χ3n) is 2.90. The Morgan fingerprint density at radius 2 is 1.72 bits per heavy atom. The van der Waals surface area contributed by atoms with E-state index in [1.165, 1.54) is 0 Å². The van der Waals surface area contributed by atoms with E-state index >= 15 is 0 Å². The van der Waals surface area contributed by atoms with E-state index in [9.17, 15) is 18.0 Å². The molecule has 1 aliphatic rings. The van der Waals surface area contributed by atoms with Gasteiger partial charge < -0.3 is 10.2 Å². The van der Waals surface area contributed by atoms with Crippen LogP contribution < -0.4 is 5.32 Å². The minimum absolute atomic E-state index is 0.123. The molecule has 0 saturated carbocycles. The summed E-state index contributed by atoms with van der Waals surface area (Å²) >= 11 is 0. The van der Waals surface area contributed by atoms with Crippen molar-refractivity contribution in [1.29, 1.82) is 0 Å². The molecule has 6 heteroatoms. The van der Waals surface area contributed by atoms with E-state index in [-0.39, 0.29) is 18.1 Å². The molecule has 98 valence electrons. The molecule has 1 aromatic carbocycles. The summed E-state index contributed by atoms with van der Waals surface area (Å²) in [4.78, 5) is 13.3. The summed E-state index contributed by atoms with van der Waals surface area (Å²) in [5.74, 6) is -3.48. The van der Waals surface area contributed by atoms with Gasteiger partial charge in [0.15, 0.2) is 11.6 Å². The van der Waals surface area contributed by atoms with Crippen LogP contribution in [0.25, 0.3) is 0 Å². The quantitative estimate of drug-likeness (QED) is 0.842. The van der Waals surface area contributed by atoms with E-state index in [1.807, 2.05) is 0 Å². The summed E-state index contributed by atoms with van der Waals surface area (Å²) in [5, 5.41) is 2.48. The van der Waals surface area contributed by atoms with Crippen LogP contribution in [-0.4, -0.2) is 30.4 Å². The Kier molecular flexibility index (Phi) is 3.74. The van der Waals surface area contributed by atoms with Crippen molar-refractivity contribution in [2.45, 2.75) is 12.8 Å². The molecule has 0 aromatic heterocycles. The number of rotatable bonds is 3. The van der Waals surface area contributed by atoms with Crippen molar-refractivity contribution in [3.63, 3.8) is 0 Å². The Hall–Kier alpha value is -1.72. The molecule has 1 N–H and O–H groups in total. The first-order chi connectivity index (χ1) is 8.58. The van der Waals surface area contributed by atoms with Crippen molar-refractivity contribution < 1.29 is 18.0 Å². The van der Waals surface area contributed by atoms with Crippen LogP contribution in [0.2, 0.25) is 0 Å². The number of anilines is 1. The lowest BCUT2D eigenvalue weighted by molar-refractivity contribution is -0.128. The number of hydrogen-bond acceptors (Lipinski definition) is 2. The van der Waals surface area contributed by atoms with Crippen LogP contribution in [0.3, 0.4) is 0 Å². The topological polar surface area (TPSA) is 32.3 Å². The number of nitrogens with one attached hydrogen (secondary N) is 1. The van der Waals surface area contributed by atoms with Gasteiger partial charge in [0, 0.05) is 25.2 Å². The lowest BCUT2D eigenvalue weighted by atomic mass is 10.3. The predicted octanol–water partition coefficient (Wildman–Crippen LogP) is 2.14. The van der Waals surface area contributed by atoms with Crippen LogP contribution in [0.1, 0.15) is 12.8 Å². The van der Waals surface area contributed by atoms with Crippen LogP contribution in [-0.2, 0) is 4.79 Å². The molecule has 18 heavy (non-hydrogen) atoms. The third kappa shape index (κ3) is 2.75. The normalized spacial score (nSPS) is 14.9. The van der Waals surface area contributed by atoms with Gasteiger partial charge in [-0.25, -0.2) is 13.2 Å². The summed E-state index contributed by atoms with van der Waals surface area (Å²) in [6.45, 7) is 1.27. The van der Waals surface area contributed by atoms with Crippen LogP contribution in [0.15, 0.2) is 12.1 Å². The molecule has 0 atom stereocenters. The molecular formula is C12H13F3N2O. The molecule has 3 nitrogen and oxygen atoms in total. The largest absolute Gasteiger partial charge is 0.374 e. The first kappa shape index (κ1) is 12.7. The second kappa shape index (κ2) is 5.29. The van der Waals surface area contributed by atoms with Gasteiger partial charge in [0.1, 0.15) is 5.82 Å². The highest BCUT2D eigenvalue weighted by Crippen LogP contribution is 2.18. The van der Waals surface area contributed by atoms with Gasteiger partial charge in [-0.1, -0.05) is 0 Å². The number of benzene rings is 1. The molecule has 1 fully saturated rings. The minimum atomic E-state index is -1.25. The maximum atomic E-state index is 13.3. The van der Waals surface area contributed by atoms with Crippen LogP contribution in [0, 0.1) is 17.5 Å². The van der Waals surface area contributed by atoms with E-state index in [4.69, 9.17) is 0 Å². The Morgan fingerprint density at radius 1 is 1.11 bits per heavy atom. The monoisotopic (exact) mass is 258 g/mol. The second-order valence-electron chi connectivity index (χ2n) is 4.19. The summed E-state index contributed by atoms with van der Waals surface area (Å²) in [6, 6.07) is 1.17. The van der Waals surface area contributed by atoms with Crippen molar-refractivity contribution >= 4 is 11.6 Å². The van der Waals surface area contributed by atoms with Gasteiger partial charge in [-0.15, -0.1) is 0 Å². The maximum absolute atomic E-state index is 13.3. The lowest BCUT2D eigenvalue weighted by Gasteiger charge is -2.16. The molecular weight excluding hydrogens is 245 g/mol. The highest BCUT2D eigenvalue weighted by Gasteiger charge is 2.18. The van der Waals surface area contributed by atoms with E-state index in [1.54, 1.807) is 4.90 Å². The van der Waals surface area contributed by atoms with Gasteiger partial charge in [0.25, 0.3) is 0 Å². The number of halogens is 3. The van der Waals surface area contributed by atoms with Crippen molar-refractivity contribution in [1.82, 2.24) is 4.90 Å². The molecule has 0 spiro atoms. The number of hydrogen-bond donors (Lipinski definition) is 1. The molecule has 1 aromatic rings. The minimum Gasteiger partial charge on any atom is -0.374 e. The van der Waals surface area contributed by atoms with Crippen molar-refractivity contribution in [3.8, 4) is 0 Å². The zero-order chi connectivity index (χ0) is 13.1. The van der Waals surface area contributed by atoms with E-state index < -0.39 is 17.5 Å². The lowest BCUT2D eigenvalue weighted by Crippen LogP contribution is -2.33. The zero-order valence-corrected chi connectivity index (χ0v) is 9.68. The first-order valence-corrected chi connectivity index (χ1v) is 5.74. The van der Waals surface area contributed by atoms with Crippen molar-refractivity contribution in [2.75, 3.05) is 25.0 Å². The first-order valence-electron chi connectivity index (χ1n) is 5.74. The van der Waals surface area contributed by atoms with Crippen LogP contribution in [0.4, 0.5) is 18.9 Å². The van der Waals surface area contributed by atoms with Gasteiger partial charge in [0.2, 0.25) is 5.91 Å². The fraction of sp³-hybridized carbons (Fsp3) is 0.417. The average molecular weight is 258 g/mol. The molecule has 2 rings (SSSR count). The average Bonchev–Trinajstić information content (AvgIpc) is 2.85. The molecule has 0 radical (unpaired) electrons. The highest BCUT2D eigenvalue weighted by molar-refractivity contribution is 5.81. The standard InChI is InChI=1S/C12H13F3N2O/c13-8-5-10(15)11(6-9(8)14)16-7-12(18)17-3-1-2-4-17/h5-6,16H,1-4,7H2. The highest BCUT2D eigenvalue weighted by atomic mass is 19.2. The molecule has 1 heterocycles. The number of amides is 1. The Bertz CT molecular complexity index is 459. The second-order valence-corrected chi connectivity index (χ2v) is 4.19. The summed E-state index contributed by atoms with van der Waals surface area (Å²) in [5.41, 5.74) is -0.207. The summed E-state index contributed by atoms with van der Waals surface area (Å²) < 4.78 is 38.9. The molecule has 1 saturated heterocycles. The van der Waals surface area contributed by atoms with E-state index in [0.29, 0.717) is 25.2 Å². The van der Waals surface area contributed by atoms with Gasteiger partial charge in [-0.3, -0.25) is 4.79 Å². The SMILES string of the molecule is O=C(CNc1cc(F)c(F)cc1F)N1CCCC1. The number of carbonyl (C=O) groups excluding carboxylic acids is 1. The molecule has 0 aliphatic carbocycles. The molecule has 1 amide bonds. The predicted molar refractivity (Wildman–Crippen MR) is 60.6 cm³/mol. The fourth-order valence-corrected chi connectivity index (χ4v) is 1.91. The summed E-state index contributed by atoms with van der Waals surface area (Å²) in [7, 11) is 0. The third-order valence-corrected chi connectivity index (χ3v) is 2.90. The maximum Gasteiger partial charge on any atom is 0.241 e. The van der Waals surface area contributed by atoms with Crippen LogP contribution >= 0.6 is 0 Å². The number of carbonyl (C=O) groups is 1. The van der Waals surface area contributed by atoms with E-state index in [0.717, 1.165) is 12.8 Å². The Balaban J connectivity index is 1.97. The van der Waals surface area contributed by atoms with Crippen LogP contribution in [0.5, 0.6) is 0 Å². The fourth-order valence-electron chi connectivity index (χ4n) is 1.91. The summed E-state index contributed by atoms with van der Waals surface area (Å²) in [6.07, 6.45) is 1.93. The number of nitrogens with zero attached hydrogens (tertiary/aromatic N) is 1. The molecule has 1 aliphatic heterocycles. The Labute approximate surface area is 103 Å². The van der Waals surface area contributed by atoms with E-state index in [2.05, 4.69) is 5.32 Å². The van der Waals surface area contributed by atoms with Gasteiger partial charge in [-0.05, 0) is 12.8 Å². The molecule has 0 unspecified atom stereocenters. The van der Waals surface area contributed by atoms with Gasteiger partial charge >= 0.3 is 0 Å². The number of likely N-dealkylation sites (tertiary alicyclic amines) is 1. The molecule has 0 bridgehead atoms. The van der Waals surface area contributed by atoms with Crippen molar-refractivity contribution in [3.05, 3.63) is 29.6 Å². The van der Waals surface area contributed by atoms with Crippen molar-refractivity contribution in [2.24, 2.45) is 0 Å². The smallest absolute Gasteiger partial charge is 0.241 e. The van der Waals surface area contributed by atoms with Gasteiger partial charge in [0.05, 0.1) is 12.2 Å². The Morgan fingerprint density at radius 3 is 2.39 bits per heavy atom. The zero-order valence-electron chi connectivity index (χ0n) is 9.68. The van der Waals surface area contributed by atoms with Gasteiger partial charge in [-0.2, -0.15) is 0 Å².